The van der Waals surface area contributed by atoms with Gasteiger partial charge in [0.25, 0.3) is 0 Å². The summed E-state index contributed by atoms with van der Waals surface area (Å²) < 4.78 is 0. The number of amides is 1. The molecular weight excluding hydrogens is 182 g/mol. The first kappa shape index (κ1) is 11.0. The van der Waals surface area contributed by atoms with Gasteiger partial charge in [-0.2, -0.15) is 0 Å². The second-order valence-electron chi connectivity index (χ2n) is 4.08. The van der Waals surface area contributed by atoms with Crippen molar-refractivity contribution in [1.82, 2.24) is 4.90 Å². The van der Waals surface area contributed by atoms with E-state index in [0.717, 1.165) is 0 Å². The summed E-state index contributed by atoms with van der Waals surface area (Å²) in [5.41, 5.74) is -0.527. The maximum absolute atomic E-state index is 11.5. The zero-order valence-electron chi connectivity index (χ0n) is 8.91. The predicted molar refractivity (Wildman–Crippen MR) is 52.2 cm³/mol. The molecule has 0 spiro atoms. The normalized spacial score (nSPS) is 33.2. The minimum atomic E-state index is -0.922. The lowest BCUT2D eigenvalue weighted by molar-refractivity contribution is -0.131. The molecule has 1 heterocycles. The molecular formula is C10H17NO3. The van der Waals surface area contributed by atoms with Crippen molar-refractivity contribution in [3.63, 3.8) is 0 Å². The first-order valence-electron chi connectivity index (χ1n) is 4.96. The highest BCUT2D eigenvalue weighted by Gasteiger charge is 2.45. The smallest absolute Gasteiger partial charge is 0.407 e. The molecule has 4 nitrogen and oxygen atoms in total. The van der Waals surface area contributed by atoms with Crippen LogP contribution in [0.15, 0.2) is 0 Å². The maximum atomic E-state index is 11.5. The number of Topliss-reactive ketones (excluding diaryl/α,β-unsaturated/α-hetero) is 1. The molecule has 1 fully saturated rings. The number of piperidine rings is 1. The topological polar surface area (TPSA) is 57.6 Å². The van der Waals surface area contributed by atoms with Gasteiger partial charge in [0.15, 0.2) is 0 Å². The Morgan fingerprint density at radius 2 is 2.29 bits per heavy atom. The summed E-state index contributed by atoms with van der Waals surface area (Å²) in [6.45, 7) is 5.93. The zero-order valence-corrected chi connectivity index (χ0v) is 8.91. The Hall–Kier alpha value is -1.06. The van der Waals surface area contributed by atoms with Crippen LogP contribution in [0.3, 0.4) is 0 Å². The van der Waals surface area contributed by atoms with Gasteiger partial charge >= 0.3 is 6.09 Å². The monoisotopic (exact) mass is 199 g/mol. The molecule has 4 heteroatoms. The molecule has 1 N–H and O–H groups in total. The molecule has 1 amide bonds. The van der Waals surface area contributed by atoms with Crippen LogP contribution in [0.1, 0.15) is 33.6 Å². The number of likely N-dealkylation sites (tertiary alicyclic amines) is 1. The first-order valence-corrected chi connectivity index (χ1v) is 4.96. The van der Waals surface area contributed by atoms with Crippen LogP contribution >= 0.6 is 0 Å². The Morgan fingerprint density at radius 1 is 1.71 bits per heavy atom. The van der Waals surface area contributed by atoms with Gasteiger partial charge < -0.3 is 10.0 Å². The van der Waals surface area contributed by atoms with Crippen LogP contribution in [-0.4, -0.2) is 34.0 Å². The van der Waals surface area contributed by atoms with Crippen LogP contribution in [-0.2, 0) is 4.79 Å². The van der Waals surface area contributed by atoms with E-state index in [1.807, 2.05) is 20.8 Å². The highest BCUT2D eigenvalue weighted by atomic mass is 16.4. The van der Waals surface area contributed by atoms with E-state index in [-0.39, 0.29) is 11.7 Å². The number of carbonyl (C=O) groups is 2. The first-order chi connectivity index (χ1) is 6.43. The van der Waals surface area contributed by atoms with Gasteiger partial charge in [-0.25, -0.2) is 4.79 Å². The molecule has 0 bridgehead atoms. The summed E-state index contributed by atoms with van der Waals surface area (Å²) in [5.74, 6) is -0.0239. The molecule has 0 aromatic rings. The van der Waals surface area contributed by atoms with Crippen LogP contribution in [0.5, 0.6) is 0 Å². The van der Waals surface area contributed by atoms with Crippen molar-refractivity contribution < 1.29 is 14.7 Å². The van der Waals surface area contributed by atoms with Crippen LogP contribution in [0.2, 0.25) is 0 Å². The third kappa shape index (κ3) is 1.49. The van der Waals surface area contributed by atoms with Crippen LogP contribution in [0, 0.1) is 5.92 Å². The zero-order chi connectivity index (χ0) is 10.9. The van der Waals surface area contributed by atoms with E-state index in [1.165, 1.54) is 4.90 Å². The van der Waals surface area contributed by atoms with Crippen molar-refractivity contribution in [2.24, 2.45) is 5.92 Å². The number of ketones is 1. The Bertz CT molecular complexity index is 264. The van der Waals surface area contributed by atoms with E-state index < -0.39 is 11.6 Å². The highest BCUT2D eigenvalue weighted by Crippen LogP contribution is 2.33. The molecule has 80 valence electrons. The Labute approximate surface area is 83.9 Å². The Kier molecular flexibility index (Phi) is 2.83. The summed E-state index contributed by atoms with van der Waals surface area (Å²) in [6, 6.07) is 0. The summed E-state index contributed by atoms with van der Waals surface area (Å²) >= 11 is 0. The van der Waals surface area contributed by atoms with Crippen molar-refractivity contribution >= 4 is 11.9 Å². The molecule has 1 rings (SSSR count). The van der Waals surface area contributed by atoms with E-state index in [4.69, 9.17) is 5.11 Å². The SMILES string of the molecule is CCC1(C)C(C)C(=O)CCN1C(=O)O. The number of rotatable bonds is 1. The molecule has 2 unspecified atom stereocenters. The van der Waals surface area contributed by atoms with Gasteiger partial charge in [0.1, 0.15) is 5.78 Å². The standard InChI is InChI=1S/C10H17NO3/c1-4-10(3)7(2)8(12)5-6-11(10)9(13)14/h7H,4-6H2,1-3H3,(H,13,14). The van der Waals surface area contributed by atoms with Crippen molar-refractivity contribution in [2.45, 2.75) is 39.2 Å². The minimum Gasteiger partial charge on any atom is -0.465 e. The van der Waals surface area contributed by atoms with Crippen LogP contribution in [0.4, 0.5) is 4.79 Å². The molecule has 2 atom stereocenters. The second-order valence-corrected chi connectivity index (χ2v) is 4.08. The van der Waals surface area contributed by atoms with Crippen molar-refractivity contribution in [3.05, 3.63) is 0 Å². The summed E-state index contributed by atoms with van der Waals surface area (Å²) in [4.78, 5) is 23.9. The van der Waals surface area contributed by atoms with Crippen molar-refractivity contribution in [2.75, 3.05) is 6.54 Å². The highest BCUT2D eigenvalue weighted by molar-refractivity contribution is 5.85. The number of hydrogen-bond donors (Lipinski definition) is 1. The van der Waals surface area contributed by atoms with E-state index in [2.05, 4.69) is 0 Å². The van der Waals surface area contributed by atoms with Gasteiger partial charge in [0.05, 0.1) is 5.54 Å². The number of carbonyl (C=O) groups excluding carboxylic acids is 1. The van der Waals surface area contributed by atoms with E-state index >= 15 is 0 Å². The van der Waals surface area contributed by atoms with E-state index in [0.29, 0.717) is 19.4 Å². The molecule has 1 aliphatic heterocycles. The van der Waals surface area contributed by atoms with Gasteiger partial charge in [-0.15, -0.1) is 0 Å². The summed E-state index contributed by atoms with van der Waals surface area (Å²) in [7, 11) is 0. The second kappa shape index (κ2) is 3.59. The third-order valence-corrected chi connectivity index (χ3v) is 3.56. The number of hydrogen-bond acceptors (Lipinski definition) is 2. The Balaban J connectivity index is 2.99. The lowest BCUT2D eigenvalue weighted by Crippen LogP contribution is -2.59. The quantitative estimate of drug-likeness (QED) is 0.699. The Morgan fingerprint density at radius 3 is 2.71 bits per heavy atom. The van der Waals surface area contributed by atoms with Crippen LogP contribution < -0.4 is 0 Å². The summed E-state index contributed by atoms with van der Waals surface area (Å²) in [6.07, 6.45) is 0.101. The molecule has 0 aliphatic carbocycles. The van der Waals surface area contributed by atoms with Crippen LogP contribution in [0.25, 0.3) is 0 Å². The van der Waals surface area contributed by atoms with Gasteiger partial charge in [0.2, 0.25) is 0 Å². The largest absolute Gasteiger partial charge is 0.465 e. The lowest BCUT2D eigenvalue weighted by atomic mass is 9.76. The average Bonchev–Trinajstić information content (AvgIpc) is 2.13. The van der Waals surface area contributed by atoms with Gasteiger partial charge in [-0.05, 0) is 13.3 Å². The summed E-state index contributed by atoms with van der Waals surface area (Å²) in [5, 5.41) is 9.02. The molecule has 0 aromatic carbocycles. The molecule has 14 heavy (non-hydrogen) atoms. The number of carboxylic acid groups (broad SMARTS) is 1. The fourth-order valence-corrected chi connectivity index (χ4v) is 2.09. The van der Waals surface area contributed by atoms with Gasteiger partial charge in [0, 0.05) is 18.9 Å². The predicted octanol–water partition coefficient (Wildman–Crippen LogP) is 1.74. The van der Waals surface area contributed by atoms with E-state index in [9.17, 15) is 9.59 Å². The third-order valence-electron chi connectivity index (χ3n) is 3.56. The van der Waals surface area contributed by atoms with Crippen molar-refractivity contribution in [1.29, 1.82) is 0 Å². The molecule has 1 saturated heterocycles. The molecule has 0 aromatic heterocycles. The number of nitrogens with zero attached hydrogens (tertiary/aromatic N) is 1. The maximum Gasteiger partial charge on any atom is 0.407 e. The average molecular weight is 199 g/mol. The fourth-order valence-electron chi connectivity index (χ4n) is 2.09. The van der Waals surface area contributed by atoms with Gasteiger partial charge in [-0.3, -0.25) is 4.79 Å². The van der Waals surface area contributed by atoms with Crippen molar-refractivity contribution in [3.8, 4) is 0 Å². The van der Waals surface area contributed by atoms with E-state index in [1.54, 1.807) is 0 Å². The van der Waals surface area contributed by atoms with Gasteiger partial charge in [-0.1, -0.05) is 13.8 Å². The molecule has 1 aliphatic rings. The lowest BCUT2D eigenvalue weighted by Gasteiger charge is -2.46. The minimum absolute atomic E-state index is 0.173. The molecule has 0 radical (unpaired) electrons. The fraction of sp³-hybridized carbons (Fsp3) is 0.800. The molecule has 0 saturated carbocycles.